The van der Waals surface area contributed by atoms with Crippen LogP contribution in [-0.4, -0.2) is 16.5 Å². The third-order valence-corrected chi connectivity index (χ3v) is 2.58. The van der Waals surface area contributed by atoms with Crippen LogP contribution < -0.4 is 5.32 Å². The minimum Gasteiger partial charge on any atom is -0.354 e. The van der Waals surface area contributed by atoms with E-state index in [1.165, 1.54) is 6.07 Å². The van der Waals surface area contributed by atoms with Crippen molar-refractivity contribution in [2.45, 2.75) is 13.3 Å². The lowest BCUT2D eigenvalue weighted by atomic mass is 10.1. The highest BCUT2D eigenvalue weighted by Gasteiger charge is 2.11. The molecule has 0 aliphatic heterocycles. The van der Waals surface area contributed by atoms with Crippen LogP contribution in [0.15, 0.2) is 24.4 Å². The van der Waals surface area contributed by atoms with Gasteiger partial charge in [0.25, 0.3) is 0 Å². The van der Waals surface area contributed by atoms with Gasteiger partial charge in [-0.1, -0.05) is 6.92 Å². The third-order valence-electron chi connectivity index (χ3n) is 2.58. The van der Waals surface area contributed by atoms with Crippen molar-refractivity contribution in [1.82, 2.24) is 9.97 Å². The Bertz CT molecular complexity index is 665. The number of hydrogen-bond acceptors (Lipinski definition) is 4. The highest BCUT2D eigenvalue weighted by molar-refractivity contribution is 5.63. The summed E-state index contributed by atoms with van der Waals surface area (Å²) in [7, 11) is 0. The molecule has 0 unspecified atom stereocenters. The summed E-state index contributed by atoms with van der Waals surface area (Å²) in [5.41, 5.74) is 0.289. The van der Waals surface area contributed by atoms with Crippen molar-refractivity contribution in [2.75, 3.05) is 11.9 Å². The van der Waals surface area contributed by atoms with Gasteiger partial charge in [-0.15, -0.1) is 0 Å². The first kappa shape index (κ1) is 13.9. The summed E-state index contributed by atoms with van der Waals surface area (Å²) >= 11 is 0. The molecule has 1 heterocycles. The Morgan fingerprint density at radius 3 is 2.80 bits per heavy atom. The summed E-state index contributed by atoms with van der Waals surface area (Å²) in [6, 6.07) is 5.43. The zero-order valence-electron chi connectivity index (χ0n) is 10.8. The fraction of sp³-hybridized carbons (Fsp3) is 0.214. The Labute approximate surface area is 115 Å². The van der Waals surface area contributed by atoms with Gasteiger partial charge in [-0.25, -0.2) is 18.7 Å². The van der Waals surface area contributed by atoms with Crippen LogP contribution in [0.4, 0.5) is 14.7 Å². The van der Waals surface area contributed by atoms with Crippen molar-refractivity contribution < 1.29 is 8.78 Å². The van der Waals surface area contributed by atoms with Gasteiger partial charge in [0.2, 0.25) is 5.95 Å². The first-order valence-electron chi connectivity index (χ1n) is 6.11. The Hall–Kier alpha value is -2.55. The monoisotopic (exact) mass is 274 g/mol. The number of aromatic nitrogens is 2. The second-order valence-electron chi connectivity index (χ2n) is 4.16. The molecule has 0 saturated heterocycles. The summed E-state index contributed by atoms with van der Waals surface area (Å²) in [5, 5.41) is 11.7. The van der Waals surface area contributed by atoms with Crippen molar-refractivity contribution in [1.29, 1.82) is 5.26 Å². The van der Waals surface area contributed by atoms with Gasteiger partial charge in [0, 0.05) is 12.1 Å². The molecule has 102 valence electrons. The normalized spacial score (nSPS) is 10.1. The summed E-state index contributed by atoms with van der Waals surface area (Å²) in [4.78, 5) is 7.83. The van der Waals surface area contributed by atoms with Gasteiger partial charge in [0.1, 0.15) is 11.5 Å². The molecule has 6 heteroatoms. The van der Waals surface area contributed by atoms with E-state index in [1.54, 1.807) is 0 Å². The first-order chi connectivity index (χ1) is 9.63. The van der Waals surface area contributed by atoms with E-state index in [4.69, 9.17) is 5.26 Å². The lowest BCUT2D eigenvalue weighted by Crippen LogP contribution is -2.06. The largest absolute Gasteiger partial charge is 0.354 e. The minimum atomic E-state index is -0.665. The Morgan fingerprint density at radius 1 is 1.30 bits per heavy atom. The van der Waals surface area contributed by atoms with Gasteiger partial charge in [-0.05, 0) is 24.6 Å². The van der Waals surface area contributed by atoms with E-state index in [0.29, 0.717) is 6.54 Å². The maximum absolute atomic E-state index is 13.8. The molecule has 0 spiro atoms. The van der Waals surface area contributed by atoms with Gasteiger partial charge in [-0.3, -0.25) is 0 Å². The molecule has 0 amide bonds. The summed E-state index contributed by atoms with van der Waals surface area (Å²) in [5.74, 6) is -1.01. The number of nitriles is 1. The fourth-order valence-corrected chi connectivity index (χ4v) is 1.68. The van der Waals surface area contributed by atoms with E-state index in [9.17, 15) is 8.78 Å². The number of nitrogens with zero attached hydrogens (tertiary/aromatic N) is 3. The van der Waals surface area contributed by atoms with Gasteiger partial charge < -0.3 is 5.32 Å². The predicted molar refractivity (Wildman–Crippen MR) is 70.9 cm³/mol. The number of anilines is 1. The number of benzene rings is 1. The van der Waals surface area contributed by atoms with Crippen LogP contribution in [-0.2, 0) is 0 Å². The number of hydrogen-bond donors (Lipinski definition) is 1. The lowest BCUT2D eigenvalue weighted by Gasteiger charge is -2.07. The molecule has 4 nitrogen and oxygen atoms in total. The van der Waals surface area contributed by atoms with E-state index in [2.05, 4.69) is 15.3 Å². The molecule has 0 atom stereocenters. The van der Waals surface area contributed by atoms with Crippen LogP contribution in [0.1, 0.15) is 18.9 Å². The third kappa shape index (κ3) is 3.06. The van der Waals surface area contributed by atoms with Crippen molar-refractivity contribution in [3.05, 3.63) is 41.6 Å². The Balaban J connectivity index is 2.46. The fourth-order valence-electron chi connectivity index (χ4n) is 1.68. The zero-order chi connectivity index (χ0) is 14.5. The Morgan fingerprint density at radius 2 is 2.10 bits per heavy atom. The van der Waals surface area contributed by atoms with Crippen molar-refractivity contribution >= 4 is 5.95 Å². The van der Waals surface area contributed by atoms with E-state index < -0.39 is 11.6 Å². The maximum atomic E-state index is 13.8. The quantitative estimate of drug-likeness (QED) is 0.930. The van der Waals surface area contributed by atoms with Crippen molar-refractivity contribution in [3.63, 3.8) is 0 Å². The highest BCUT2D eigenvalue weighted by atomic mass is 19.1. The van der Waals surface area contributed by atoms with Crippen LogP contribution >= 0.6 is 0 Å². The highest BCUT2D eigenvalue weighted by Crippen LogP contribution is 2.23. The van der Waals surface area contributed by atoms with Gasteiger partial charge in [-0.2, -0.15) is 5.26 Å². The van der Waals surface area contributed by atoms with Crippen LogP contribution in [0.25, 0.3) is 11.3 Å². The lowest BCUT2D eigenvalue weighted by molar-refractivity contribution is 0.616. The zero-order valence-corrected chi connectivity index (χ0v) is 10.8. The minimum absolute atomic E-state index is 0.0328. The topological polar surface area (TPSA) is 61.6 Å². The molecule has 0 bridgehead atoms. The molecule has 0 fully saturated rings. The molecule has 0 radical (unpaired) electrons. The number of rotatable bonds is 4. The van der Waals surface area contributed by atoms with Crippen LogP contribution in [0, 0.1) is 23.0 Å². The van der Waals surface area contributed by atoms with Gasteiger partial charge >= 0.3 is 0 Å². The molecule has 0 aliphatic rings. The molecular weight excluding hydrogens is 262 g/mol. The summed E-state index contributed by atoms with van der Waals surface area (Å²) < 4.78 is 27.2. The molecule has 2 aromatic rings. The van der Waals surface area contributed by atoms with Crippen molar-refractivity contribution in [2.24, 2.45) is 0 Å². The standard InChI is InChI=1S/C14H12F2N4/c1-2-3-18-14-19-8-12(16)13(20-14)10-4-9(7-17)5-11(15)6-10/h4-6,8H,2-3H2,1H3,(H,18,19,20). The molecule has 0 aliphatic carbocycles. The molecule has 0 saturated carbocycles. The van der Waals surface area contributed by atoms with E-state index in [-0.39, 0.29) is 22.8 Å². The van der Waals surface area contributed by atoms with Gasteiger partial charge in [0.15, 0.2) is 5.82 Å². The van der Waals surface area contributed by atoms with Crippen LogP contribution in [0.3, 0.4) is 0 Å². The van der Waals surface area contributed by atoms with E-state index in [0.717, 1.165) is 24.8 Å². The van der Waals surface area contributed by atoms with E-state index >= 15 is 0 Å². The average molecular weight is 274 g/mol. The molecule has 2 rings (SSSR count). The number of nitrogens with one attached hydrogen (secondary N) is 1. The second-order valence-corrected chi connectivity index (χ2v) is 4.16. The average Bonchev–Trinajstić information content (AvgIpc) is 2.45. The molecular formula is C14H12F2N4. The Kier molecular flexibility index (Phi) is 4.20. The molecule has 1 aromatic heterocycles. The van der Waals surface area contributed by atoms with Crippen LogP contribution in [0.2, 0.25) is 0 Å². The maximum Gasteiger partial charge on any atom is 0.223 e. The van der Waals surface area contributed by atoms with E-state index in [1.807, 2.05) is 13.0 Å². The van der Waals surface area contributed by atoms with Gasteiger partial charge in [0.05, 0.1) is 17.8 Å². The smallest absolute Gasteiger partial charge is 0.223 e. The summed E-state index contributed by atoms with van der Waals surface area (Å²) in [6.45, 7) is 2.63. The van der Waals surface area contributed by atoms with Crippen LogP contribution in [0.5, 0.6) is 0 Å². The second kappa shape index (κ2) is 6.06. The number of halogens is 2. The molecule has 1 N–H and O–H groups in total. The molecule has 20 heavy (non-hydrogen) atoms. The van der Waals surface area contributed by atoms with Crippen molar-refractivity contribution in [3.8, 4) is 17.3 Å². The summed E-state index contributed by atoms with van der Waals surface area (Å²) in [6.07, 6.45) is 1.89. The predicted octanol–water partition coefficient (Wildman–Crippen LogP) is 3.12. The molecule has 1 aromatic carbocycles. The first-order valence-corrected chi connectivity index (χ1v) is 6.11. The SMILES string of the molecule is CCCNc1ncc(F)c(-c2cc(F)cc(C#N)c2)n1.